The van der Waals surface area contributed by atoms with E-state index in [0.717, 1.165) is 22.6 Å². The van der Waals surface area contributed by atoms with Gasteiger partial charge in [-0.25, -0.2) is 0 Å². The molecule has 1 atom stereocenters. The highest BCUT2D eigenvalue weighted by Crippen LogP contribution is 2.34. The highest BCUT2D eigenvalue weighted by atomic mass is 16.4. The van der Waals surface area contributed by atoms with E-state index in [2.05, 4.69) is 25.7 Å². The fourth-order valence-electron chi connectivity index (χ4n) is 3.49. The van der Waals surface area contributed by atoms with Gasteiger partial charge in [0.25, 0.3) is 0 Å². The normalized spacial score (nSPS) is 15.8. The van der Waals surface area contributed by atoms with Crippen LogP contribution in [-0.4, -0.2) is 28.7 Å². The first-order valence-corrected chi connectivity index (χ1v) is 9.66. The quantitative estimate of drug-likeness (QED) is 0.534. The lowest BCUT2D eigenvalue weighted by atomic mass is 10.2. The third-order valence-corrected chi connectivity index (χ3v) is 4.95. The maximum atomic E-state index is 12.9. The van der Waals surface area contributed by atoms with Crippen LogP contribution in [0.5, 0.6) is 0 Å². The first-order chi connectivity index (χ1) is 14.8. The summed E-state index contributed by atoms with van der Waals surface area (Å²) in [6, 6.07) is 26.8. The first-order valence-electron chi connectivity index (χ1n) is 9.66. The molecular weight excluding hydrogens is 378 g/mol. The van der Waals surface area contributed by atoms with Crippen molar-refractivity contribution < 1.29 is 9.21 Å². The molecular formula is C23H19N5O2. The lowest BCUT2D eigenvalue weighted by Gasteiger charge is -2.26. The second kappa shape index (κ2) is 7.71. The van der Waals surface area contributed by atoms with Crippen LogP contribution in [0, 0.1) is 0 Å². The van der Waals surface area contributed by atoms with Crippen LogP contribution in [0.25, 0.3) is 11.5 Å². The van der Waals surface area contributed by atoms with Gasteiger partial charge in [0.2, 0.25) is 11.8 Å². The molecule has 0 fully saturated rings. The summed E-state index contributed by atoms with van der Waals surface area (Å²) in [7, 11) is 0. The number of anilines is 4. The third kappa shape index (κ3) is 3.48. The van der Waals surface area contributed by atoms with E-state index in [4.69, 9.17) is 4.42 Å². The van der Waals surface area contributed by atoms with E-state index in [1.54, 1.807) is 0 Å². The fraction of sp³-hybridized carbons (Fsp3) is 0.0870. The SMILES string of the molecule is O=C1Nc2ccccc2N(c2ccccc2)CC1Nc1nnc(-c2ccccc2)o1. The molecule has 5 rings (SSSR count). The van der Waals surface area contributed by atoms with Crippen LogP contribution >= 0.6 is 0 Å². The van der Waals surface area contributed by atoms with Crippen LogP contribution in [0.1, 0.15) is 0 Å². The van der Waals surface area contributed by atoms with Gasteiger partial charge in [-0.2, -0.15) is 0 Å². The molecule has 0 bridgehead atoms. The van der Waals surface area contributed by atoms with Crippen molar-refractivity contribution >= 4 is 29.0 Å². The molecule has 0 spiro atoms. The average molecular weight is 397 g/mol. The molecule has 4 aromatic rings. The number of benzene rings is 3. The van der Waals surface area contributed by atoms with Crippen molar-refractivity contribution in [3.63, 3.8) is 0 Å². The van der Waals surface area contributed by atoms with Crippen LogP contribution in [0.4, 0.5) is 23.1 Å². The van der Waals surface area contributed by atoms with E-state index in [-0.39, 0.29) is 11.9 Å². The molecule has 7 nitrogen and oxygen atoms in total. The minimum absolute atomic E-state index is 0.166. The highest BCUT2D eigenvalue weighted by molar-refractivity contribution is 6.02. The molecule has 0 aliphatic carbocycles. The van der Waals surface area contributed by atoms with Gasteiger partial charge in [-0.3, -0.25) is 4.79 Å². The second-order valence-corrected chi connectivity index (χ2v) is 6.93. The molecule has 2 N–H and O–H groups in total. The van der Waals surface area contributed by atoms with Crippen molar-refractivity contribution in [3.05, 3.63) is 84.9 Å². The number of hydrogen-bond donors (Lipinski definition) is 2. The van der Waals surface area contributed by atoms with Gasteiger partial charge in [0.15, 0.2) is 0 Å². The zero-order chi connectivity index (χ0) is 20.3. The summed E-state index contributed by atoms with van der Waals surface area (Å²) in [5, 5.41) is 14.3. The van der Waals surface area contributed by atoms with E-state index in [0.29, 0.717) is 12.4 Å². The third-order valence-electron chi connectivity index (χ3n) is 4.95. The molecule has 1 unspecified atom stereocenters. The molecule has 2 heterocycles. The lowest BCUT2D eigenvalue weighted by Crippen LogP contribution is -2.40. The standard InChI is InChI=1S/C23H19N5O2/c29-21-19(25-23-27-26-22(30-23)16-9-3-1-4-10-16)15-28(17-11-5-2-6-12-17)20-14-8-7-13-18(20)24-21/h1-14,19H,15H2,(H,24,29)(H,25,27). The Kier molecular flexibility index (Phi) is 4.61. The number of carbonyl (C=O) groups excluding carboxylic acids is 1. The number of aromatic nitrogens is 2. The van der Waals surface area contributed by atoms with E-state index < -0.39 is 6.04 Å². The zero-order valence-electron chi connectivity index (χ0n) is 16.0. The predicted molar refractivity (Wildman–Crippen MR) is 116 cm³/mol. The largest absolute Gasteiger partial charge is 0.403 e. The summed E-state index contributed by atoms with van der Waals surface area (Å²) in [5.41, 5.74) is 3.49. The van der Waals surface area contributed by atoms with Crippen molar-refractivity contribution in [3.8, 4) is 11.5 Å². The Balaban J connectivity index is 1.45. The summed E-state index contributed by atoms with van der Waals surface area (Å²) in [4.78, 5) is 15.0. The van der Waals surface area contributed by atoms with Crippen molar-refractivity contribution in [2.75, 3.05) is 22.1 Å². The molecule has 0 saturated heterocycles. The van der Waals surface area contributed by atoms with E-state index in [1.165, 1.54) is 0 Å². The van der Waals surface area contributed by atoms with E-state index in [1.807, 2.05) is 84.9 Å². The molecule has 0 radical (unpaired) electrons. The number of fused-ring (bicyclic) bond motifs is 1. The van der Waals surface area contributed by atoms with E-state index >= 15 is 0 Å². The Hall–Kier alpha value is -4.13. The van der Waals surface area contributed by atoms with Gasteiger partial charge in [0, 0.05) is 11.3 Å². The maximum absolute atomic E-state index is 12.9. The van der Waals surface area contributed by atoms with Gasteiger partial charge in [-0.1, -0.05) is 53.6 Å². The number of rotatable bonds is 4. The highest BCUT2D eigenvalue weighted by Gasteiger charge is 2.30. The van der Waals surface area contributed by atoms with Crippen molar-refractivity contribution in [1.82, 2.24) is 10.2 Å². The predicted octanol–water partition coefficient (Wildman–Crippen LogP) is 4.31. The second-order valence-electron chi connectivity index (χ2n) is 6.93. The Morgan fingerprint density at radius 2 is 1.60 bits per heavy atom. The number of nitrogens with zero attached hydrogens (tertiary/aromatic N) is 3. The molecule has 1 aromatic heterocycles. The lowest BCUT2D eigenvalue weighted by molar-refractivity contribution is -0.116. The van der Waals surface area contributed by atoms with Gasteiger partial charge in [-0.05, 0) is 36.4 Å². The van der Waals surface area contributed by atoms with E-state index in [9.17, 15) is 4.79 Å². The Morgan fingerprint density at radius 3 is 2.40 bits per heavy atom. The van der Waals surface area contributed by atoms with Crippen molar-refractivity contribution in [2.24, 2.45) is 0 Å². The van der Waals surface area contributed by atoms with Gasteiger partial charge >= 0.3 is 6.01 Å². The summed E-state index contributed by atoms with van der Waals surface area (Å²) in [5.74, 6) is 0.232. The summed E-state index contributed by atoms with van der Waals surface area (Å²) in [6.07, 6.45) is 0. The van der Waals surface area contributed by atoms with Gasteiger partial charge in [0.05, 0.1) is 17.9 Å². The Labute approximate surface area is 173 Å². The summed E-state index contributed by atoms with van der Waals surface area (Å²) in [6.45, 7) is 0.399. The number of amides is 1. The topological polar surface area (TPSA) is 83.3 Å². The minimum Gasteiger partial charge on any atom is -0.403 e. The Bertz CT molecular complexity index is 1160. The van der Waals surface area contributed by atoms with Gasteiger partial charge in [0.1, 0.15) is 6.04 Å². The molecule has 0 saturated carbocycles. The number of carbonyl (C=O) groups is 1. The number of para-hydroxylation sites is 3. The maximum Gasteiger partial charge on any atom is 0.316 e. The zero-order valence-corrected chi connectivity index (χ0v) is 16.0. The average Bonchev–Trinajstić information content (AvgIpc) is 3.21. The van der Waals surface area contributed by atoms with Crippen LogP contribution < -0.4 is 15.5 Å². The van der Waals surface area contributed by atoms with Crippen LogP contribution in [0.15, 0.2) is 89.3 Å². The summed E-state index contributed by atoms with van der Waals surface area (Å²) >= 11 is 0. The molecule has 1 aliphatic heterocycles. The summed E-state index contributed by atoms with van der Waals surface area (Å²) < 4.78 is 5.75. The van der Waals surface area contributed by atoms with Crippen molar-refractivity contribution in [2.45, 2.75) is 6.04 Å². The minimum atomic E-state index is -0.596. The molecule has 7 heteroatoms. The number of hydrogen-bond acceptors (Lipinski definition) is 6. The molecule has 148 valence electrons. The molecule has 3 aromatic carbocycles. The molecule has 1 amide bonds. The smallest absolute Gasteiger partial charge is 0.316 e. The molecule has 30 heavy (non-hydrogen) atoms. The monoisotopic (exact) mass is 397 g/mol. The number of nitrogens with one attached hydrogen (secondary N) is 2. The first kappa shape index (κ1) is 17.9. The van der Waals surface area contributed by atoms with Crippen LogP contribution in [-0.2, 0) is 4.79 Å². The fourth-order valence-corrected chi connectivity index (χ4v) is 3.49. The van der Waals surface area contributed by atoms with Gasteiger partial charge in [-0.15, -0.1) is 5.10 Å². The molecule has 1 aliphatic rings. The Morgan fingerprint density at radius 1 is 0.900 bits per heavy atom. The van der Waals surface area contributed by atoms with Gasteiger partial charge < -0.3 is 20.0 Å². The van der Waals surface area contributed by atoms with Crippen LogP contribution in [0.2, 0.25) is 0 Å². The van der Waals surface area contributed by atoms with Crippen LogP contribution in [0.3, 0.4) is 0 Å². The van der Waals surface area contributed by atoms with Crippen molar-refractivity contribution in [1.29, 1.82) is 0 Å².